The second-order valence-electron chi connectivity index (χ2n) is 4.75. The zero-order chi connectivity index (χ0) is 15.3. The highest BCUT2D eigenvalue weighted by molar-refractivity contribution is 7.20. The third-order valence-corrected chi connectivity index (χ3v) is 4.29. The monoisotopic (exact) mass is 313 g/mol. The summed E-state index contributed by atoms with van der Waals surface area (Å²) in [6.07, 6.45) is 4.75. The molecule has 0 amide bonds. The fourth-order valence-corrected chi connectivity index (χ4v) is 2.94. The van der Waals surface area contributed by atoms with E-state index in [1.54, 1.807) is 19.1 Å². The Kier molecular flexibility index (Phi) is 2.77. The number of thiazole rings is 1. The number of halogens is 1. The Bertz CT molecular complexity index is 990. The van der Waals surface area contributed by atoms with Gasteiger partial charge in [-0.05, 0) is 31.2 Å². The first-order chi connectivity index (χ1) is 10.6. The van der Waals surface area contributed by atoms with E-state index in [0.717, 1.165) is 21.5 Å². The van der Waals surface area contributed by atoms with Crippen LogP contribution in [0.2, 0.25) is 0 Å². The highest BCUT2D eigenvalue weighted by Gasteiger charge is 2.18. The molecule has 0 aliphatic carbocycles. The molecule has 5 nitrogen and oxygen atoms in total. The van der Waals surface area contributed by atoms with Crippen LogP contribution in [0.5, 0.6) is 0 Å². The van der Waals surface area contributed by atoms with Gasteiger partial charge in [0.1, 0.15) is 32.5 Å². The fourth-order valence-electron chi connectivity index (χ4n) is 2.08. The van der Waals surface area contributed by atoms with Crippen LogP contribution in [0.1, 0.15) is 16.3 Å². The molecular formula is C15H8FN3O2S. The predicted octanol–water partition coefficient (Wildman–Crippen LogP) is 3.20. The van der Waals surface area contributed by atoms with Gasteiger partial charge in [0.2, 0.25) is 5.43 Å². The third-order valence-electron chi connectivity index (χ3n) is 3.27. The van der Waals surface area contributed by atoms with E-state index in [1.807, 2.05) is 6.08 Å². The summed E-state index contributed by atoms with van der Waals surface area (Å²) in [4.78, 5) is 19.3. The van der Waals surface area contributed by atoms with Gasteiger partial charge in [-0.2, -0.15) is 0 Å². The summed E-state index contributed by atoms with van der Waals surface area (Å²) in [6, 6.07) is 2.87. The molecule has 0 bridgehead atoms. The minimum atomic E-state index is -0.407. The van der Waals surface area contributed by atoms with Crippen molar-refractivity contribution in [3.05, 3.63) is 50.7 Å². The Morgan fingerprint density at radius 3 is 2.86 bits per heavy atom. The van der Waals surface area contributed by atoms with Gasteiger partial charge >= 0.3 is 0 Å². The van der Waals surface area contributed by atoms with Crippen molar-refractivity contribution < 1.29 is 8.91 Å². The lowest BCUT2D eigenvalue weighted by molar-refractivity contribution is 0.399. The Morgan fingerprint density at radius 2 is 2.18 bits per heavy atom. The van der Waals surface area contributed by atoms with Gasteiger partial charge in [0.25, 0.3) is 0 Å². The summed E-state index contributed by atoms with van der Waals surface area (Å²) in [5.74, 6) is 0.221. The lowest BCUT2D eigenvalue weighted by atomic mass is 10.1. The Labute approximate surface area is 127 Å². The molecule has 3 aromatic heterocycles. The van der Waals surface area contributed by atoms with Gasteiger partial charge in [-0.1, -0.05) is 5.16 Å². The minimum Gasteiger partial charge on any atom is -0.360 e. The molecule has 0 atom stereocenters. The quantitative estimate of drug-likeness (QED) is 0.581. The second-order valence-corrected chi connectivity index (χ2v) is 5.79. The summed E-state index contributed by atoms with van der Waals surface area (Å²) in [6.45, 7) is 1.79. The van der Waals surface area contributed by atoms with Crippen molar-refractivity contribution in [1.29, 1.82) is 0 Å². The van der Waals surface area contributed by atoms with Crippen molar-refractivity contribution in [2.24, 2.45) is 0 Å². The average Bonchev–Trinajstić information content (AvgIpc) is 2.89. The van der Waals surface area contributed by atoms with Crippen LogP contribution in [0.25, 0.3) is 33.8 Å². The van der Waals surface area contributed by atoms with E-state index < -0.39 is 5.82 Å². The first-order valence-electron chi connectivity index (χ1n) is 6.45. The molecule has 108 valence electrons. The van der Waals surface area contributed by atoms with E-state index >= 15 is 0 Å². The van der Waals surface area contributed by atoms with Crippen LogP contribution in [0.3, 0.4) is 0 Å². The molecule has 4 aromatic rings. The summed E-state index contributed by atoms with van der Waals surface area (Å²) < 4.78 is 18.9. The molecular weight excluding hydrogens is 305 g/mol. The SMILES string of the molecule is Cc1onc(-c2ccc(F)cn2)c1C=Cc1nc2c(=O)c2s1. The molecule has 0 N–H and O–H groups in total. The molecule has 0 saturated carbocycles. The van der Waals surface area contributed by atoms with Crippen LogP contribution in [-0.4, -0.2) is 15.1 Å². The van der Waals surface area contributed by atoms with Gasteiger partial charge in [0.15, 0.2) is 0 Å². The topological polar surface area (TPSA) is 68.9 Å². The maximum absolute atomic E-state index is 13.0. The van der Waals surface area contributed by atoms with Crippen LogP contribution in [0.15, 0.2) is 27.6 Å². The van der Waals surface area contributed by atoms with Gasteiger partial charge in [0.05, 0.1) is 11.9 Å². The molecule has 0 aliphatic heterocycles. The lowest BCUT2D eigenvalue weighted by Gasteiger charge is -1.97. The maximum atomic E-state index is 13.0. The van der Waals surface area contributed by atoms with Crippen LogP contribution >= 0.6 is 11.3 Å². The number of hydrogen-bond donors (Lipinski definition) is 0. The van der Waals surface area contributed by atoms with Crippen molar-refractivity contribution in [3.63, 3.8) is 0 Å². The van der Waals surface area contributed by atoms with E-state index in [4.69, 9.17) is 4.52 Å². The largest absolute Gasteiger partial charge is 0.360 e. The number of rotatable bonds is 3. The first kappa shape index (κ1) is 13.0. The number of hydrogen-bond acceptors (Lipinski definition) is 6. The second kappa shape index (κ2) is 4.67. The summed E-state index contributed by atoms with van der Waals surface area (Å²) in [5.41, 5.74) is 2.43. The van der Waals surface area contributed by atoms with Crippen LogP contribution < -0.4 is 5.43 Å². The molecule has 0 unspecified atom stereocenters. The molecule has 0 spiro atoms. The number of pyridine rings is 1. The summed E-state index contributed by atoms with van der Waals surface area (Å²) in [5, 5.41) is 4.73. The molecule has 3 heterocycles. The Morgan fingerprint density at radius 1 is 1.32 bits per heavy atom. The summed E-state index contributed by atoms with van der Waals surface area (Å²) >= 11 is 1.36. The van der Waals surface area contributed by atoms with Gasteiger partial charge in [-0.3, -0.25) is 9.78 Å². The van der Waals surface area contributed by atoms with E-state index in [2.05, 4.69) is 15.1 Å². The highest BCUT2D eigenvalue weighted by Crippen LogP contribution is 2.28. The standard InChI is InChI=1S/C15H8FN3O2S/c1-7-9(3-5-11-18-13-14(20)15(13)22-11)12(19-21-7)10-4-2-8(16)6-17-10/h2-6H,1H3. The first-order valence-corrected chi connectivity index (χ1v) is 7.27. The number of aromatic nitrogens is 3. The van der Waals surface area contributed by atoms with E-state index in [-0.39, 0.29) is 5.43 Å². The maximum Gasteiger partial charge on any atom is 0.225 e. The fraction of sp³-hybridized carbons (Fsp3) is 0.0667. The smallest absolute Gasteiger partial charge is 0.225 e. The zero-order valence-electron chi connectivity index (χ0n) is 11.3. The number of nitrogens with zero attached hydrogens (tertiary/aromatic N) is 3. The predicted molar refractivity (Wildman–Crippen MR) is 81.6 cm³/mol. The highest BCUT2D eigenvalue weighted by atomic mass is 32.1. The number of fused-ring (bicyclic) bond motifs is 1. The minimum absolute atomic E-state index is 0.0412. The van der Waals surface area contributed by atoms with Crippen LogP contribution in [0, 0.1) is 12.7 Å². The molecule has 22 heavy (non-hydrogen) atoms. The van der Waals surface area contributed by atoms with E-state index in [9.17, 15) is 9.18 Å². The van der Waals surface area contributed by atoms with Gasteiger partial charge in [0, 0.05) is 5.56 Å². The van der Waals surface area contributed by atoms with Crippen molar-refractivity contribution in [2.45, 2.75) is 6.92 Å². The van der Waals surface area contributed by atoms with Gasteiger partial charge in [-0.25, -0.2) is 9.37 Å². The molecule has 0 radical (unpaired) electrons. The molecule has 1 aromatic carbocycles. The molecule has 7 heteroatoms. The van der Waals surface area contributed by atoms with Crippen molar-refractivity contribution in [3.8, 4) is 11.4 Å². The molecule has 4 rings (SSSR count). The van der Waals surface area contributed by atoms with Crippen molar-refractivity contribution in [1.82, 2.24) is 15.1 Å². The van der Waals surface area contributed by atoms with Gasteiger partial charge < -0.3 is 4.52 Å². The molecule has 0 aliphatic rings. The number of aryl methyl sites for hydroxylation is 1. The summed E-state index contributed by atoms with van der Waals surface area (Å²) in [7, 11) is 0. The normalized spacial score (nSPS) is 12.1. The van der Waals surface area contributed by atoms with E-state index in [0.29, 0.717) is 22.7 Å². The van der Waals surface area contributed by atoms with Crippen molar-refractivity contribution in [2.75, 3.05) is 0 Å². The molecule has 0 fully saturated rings. The van der Waals surface area contributed by atoms with Crippen LogP contribution in [-0.2, 0) is 0 Å². The van der Waals surface area contributed by atoms with E-state index in [1.165, 1.54) is 17.4 Å². The van der Waals surface area contributed by atoms with Crippen LogP contribution in [0.4, 0.5) is 4.39 Å². The van der Waals surface area contributed by atoms with Gasteiger partial charge in [-0.15, -0.1) is 11.3 Å². The molecule has 0 saturated heterocycles. The van der Waals surface area contributed by atoms with Crippen molar-refractivity contribution >= 4 is 33.7 Å². The third kappa shape index (κ3) is 2.06. The Balaban J connectivity index is 1.70. The zero-order valence-corrected chi connectivity index (χ0v) is 12.1. The Hall–Kier alpha value is -2.67. The lowest BCUT2D eigenvalue weighted by Crippen LogP contribution is -1.87. The average molecular weight is 313 g/mol.